The highest BCUT2D eigenvalue weighted by molar-refractivity contribution is 9.10. The van der Waals surface area contributed by atoms with Crippen molar-refractivity contribution >= 4 is 21.9 Å². The van der Waals surface area contributed by atoms with E-state index in [2.05, 4.69) is 20.7 Å². The molecule has 4 nitrogen and oxygen atoms in total. The van der Waals surface area contributed by atoms with Gasteiger partial charge in [-0.15, -0.1) is 13.2 Å². The van der Waals surface area contributed by atoms with Crippen LogP contribution in [0.5, 0.6) is 5.75 Å². The molecular weight excluding hydrogens is 309 g/mol. The molecule has 1 aromatic rings. The minimum atomic E-state index is -4.89. The normalized spacial score (nSPS) is 13.2. The van der Waals surface area contributed by atoms with E-state index in [1.807, 2.05) is 0 Å². The van der Waals surface area contributed by atoms with Gasteiger partial charge in [-0.1, -0.05) is 6.07 Å². The maximum Gasteiger partial charge on any atom is 0.573 e. The molecule has 1 unspecified atom stereocenters. The number of aliphatic hydroxyl groups is 1. The monoisotopic (exact) mass is 314 g/mol. The molecule has 1 aromatic carbocycles. The zero-order valence-corrected chi connectivity index (χ0v) is 9.62. The van der Waals surface area contributed by atoms with Crippen LogP contribution in [0.15, 0.2) is 22.7 Å². The fourth-order valence-corrected chi connectivity index (χ4v) is 1.36. The van der Waals surface area contributed by atoms with Crippen molar-refractivity contribution in [2.45, 2.75) is 12.5 Å². The molecule has 0 bridgehead atoms. The summed E-state index contributed by atoms with van der Waals surface area (Å²) < 4.78 is 39.6. The van der Waals surface area contributed by atoms with Crippen molar-refractivity contribution in [3.05, 3.63) is 28.2 Å². The van der Waals surface area contributed by atoms with E-state index < -0.39 is 24.2 Å². The van der Waals surface area contributed by atoms with Crippen molar-refractivity contribution in [1.29, 1.82) is 0 Å². The number of aliphatic carboxylic acids is 1. The summed E-state index contributed by atoms with van der Waals surface area (Å²) in [4.78, 5) is 10.5. The van der Waals surface area contributed by atoms with Gasteiger partial charge in [0, 0.05) is 0 Å². The molecule has 1 rings (SSSR count). The van der Waals surface area contributed by atoms with Crippen LogP contribution in [-0.4, -0.2) is 22.5 Å². The van der Waals surface area contributed by atoms with Crippen LogP contribution >= 0.6 is 15.9 Å². The molecule has 2 N–H and O–H groups in total. The standard InChI is InChI=1S/C9H6BrF3O4/c10-5-2-1-4(7(14)8(15)16)3-6(5)17-9(11,12)13/h1-3,7,14H,(H,15,16). The third-order valence-electron chi connectivity index (χ3n) is 1.73. The number of carboxylic acids is 1. The summed E-state index contributed by atoms with van der Waals surface area (Å²) in [5.74, 6) is -2.18. The van der Waals surface area contributed by atoms with Gasteiger partial charge in [-0.05, 0) is 33.6 Å². The molecule has 0 radical (unpaired) electrons. The minimum absolute atomic E-state index is 0.00355. The SMILES string of the molecule is O=C(O)C(O)c1ccc(Br)c(OC(F)(F)F)c1. The van der Waals surface area contributed by atoms with Crippen LogP contribution in [0.2, 0.25) is 0 Å². The lowest BCUT2D eigenvalue weighted by Crippen LogP contribution is -2.18. The number of hydrogen-bond acceptors (Lipinski definition) is 3. The van der Waals surface area contributed by atoms with Gasteiger partial charge in [-0.25, -0.2) is 4.79 Å². The van der Waals surface area contributed by atoms with Gasteiger partial charge in [0.05, 0.1) is 4.47 Å². The first-order valence-electron chi connectivity index (χ1n) is 4.17. The molecule has 0 saturated heterocycles. The summed E-state index contributed by atoms with van der Waals surface area (Å²) in [7, 11) is 0. The molecule has 0 heterocycles. The first-order valence-corrected chi connectivity index (χ1v) is 4.96. The van der Waals surface area contributed by atoms with Gasteiger partial charge in [-0.3, -0.25) is 0 Å². The number of hydrogen-bond donors (Lipinski definition) is 2. The Balaban J connectivity index is 3.06. The van der Waals surface area contributed by atoms with Crippen molar-refractivity contribution in [2.24, 2.45) is 0 Å². The molecule has 0 aliphatic carbocycles. The summed E-state index contributed by atoms with van der Waals surface area (Å²) in [5.41, 5.74) is -0.208. The highest BCUT2D eigenvalue weighted by Gasteiger charge is 2.32. The summed E-state index contributed by atoms with van der Waals surface area (Å²) in [6.07, 6.45) is -6.80. The summed E-state index contributed by atoms with van der Waals surface area (Å²) in [6.45, 7) is 0. The summed E-state index contributed by atoms with van der Waals surface area (Å²) >= 11 is 2.82. The second kappa shape index (κ2) is 4.92. The molecule has 17 heavy (non-hydrogen) atoms. The Kier molecular flexibility index (Phi) is 3.99. The van der Waals surface area contributed by atoms with Gasteiger partial charge >= 0.3 is 12.3 Å². The molecule has 0 aromatic heterocycles. The number of alkyl halides is 3. The first-order chi connectivity index (χ1) is 7.70. The van der Waals surface area contributed by atoms with E-state index in [1.165, 1.54) is 6.07 Å². The minimum Gasteiger partial charge on any atom is -0.479 e. The fraction of sp³-hybridized carbons (Fsp3) is 0.222. The Morgan fingerprint density at radius 3 is 2.47 bits per heavy atom. The molecule has 94 valence electrons. The third-order valence-corrected chi connectivity index (χ3v) is 2.39. The number of aliphatic hydroxyl groups excluding tert-OH is 1. The lowest BCUT2D eigenvalue weighted by atomic mass is 10.1. The van der Waals surface area contributed by atoms with Gasteiger partial charge in [-0.2, -0.15) is 0 Å². The van der Waals surface area contributed by atoms with Crippen LogP contribution in [0.4, 0.5) is 13.2 Å². The van der Waals surface area contributed by atoms with E-state index in [1.54, 1.807) is 0 Å². The number of carboxylic acid groups (broad SMARTS) is 1. The van der Waals surface area contributed by atoms with E-state index in [4.69, 9.17) is 10.2 Å². The molecule has 8 heteroatoms. The zero-order valence-electron chi connectivity index (χ0n) is 8.03. The first kappa shape index (κ1) is 13.8. The number of carbonyl (C=O) groups is 1. The Hall–Kier alpha value is -1.28. The molecule has 0 aliphatic heterocycles. The largest absolute Gasteiger partial charge is 0.573 e. The van der Waals surface area contributed by atoms with E-state index in [9.17, 15) is 18.0 Å². The van der Waals surface area contributed by atoms with Gasteiger partial charge in [0.25, 0.3) is 0 Å². The van der Waals surface area contributed by atoms with Gasteiger partial charge < -0.3 is 14.9 Å². The smallest absolute Gasteiger partial charge is 0.479 e. The van der Waals surface area contributed by atoms with E-state index in [0.717, 1.165) is 12.1 Å². The number of ether oxygens (including phenoxy) is 1. The quantitative estimate of drug-likeness (QED) is 0.899. The van der Waals surface area contributed by atoms with E-state index >= 15 is 0 Å². The summed E-state index contributed by atoms with van der Waals surface area (Å²) in [6, 6.07) is 3.13. The van der Waals surface area contributed by atoms with Crippen LogP contribution < -0.4 is 4.74 Å². The predicted octanol–water partition coefficient (Wildman–Crippen LogP) is 2.47. The van der Waals surface area contributed by atoms with Crippen molar-refractivity contribution in [3.8, 4) is 5.75 Å². The van der Waals surface area contributed by atoms with Crippen LogP contribution in [-0.2, 0) is 4.79 Å². The molecule has 0 amide bonds. The maximum absolute atomic E-state index is 12.0. The third kappa shape index (κ3) is 3.90. The van der Waals surface area contributed by atoms with Crippen LogP contribution in [0.1, 0.15) is 11.7 Å². The van der Waals surface area contributed by atoms with Gasteiger partial charge in [0.1, 0.15) is 5.75 Å². The number of benzene rings is 1. The predicted molar refractivity (Wildman–Crippen MR) is 53.4 cm³/mol. The molecule has 0 fully saturated rings. The Morgan fingerprint density at radius 2 is 2.00 bits per heavy atom. The van der Waals surface area contributed by atoms with Gasteiger partial charge in [0.15, 0.2) is 6.10 Å². The van der Waals surface area contributed by atoms with E-state index in [-0.39, 0.29) is 10.0 Å². The highest BCUT2D eigenvalue weighted by atomic mass is 79.9. The number of rotatable bonds is 3. The van der Waals surface area contributed by atoms with Crippen molar-refractivity contribution in [2.75, 3.05) is 0 Å². The Labute approximate surface area is 102 Å². The second-order valence-corrected chi connectivity index (χ2v) is 3.83. The molecular formula is C9H6BrF3O4. The Bertz CT molecular complexity index is 433. The molecule has 0 saturated carbocycles. The van der Waals surface area contributed by atoms with Crippen LogP contribution in [0.3, 0.4) is 0 Å². The van der Waals surface area contributed by atoms with Crippen molar-refractivity contribution in [1.82, 2.24) is 0 Å². The average Bonchev–Trinajstić information content (AvgIpc) is 2.18. The number of halogens is 4. The molecule has 1 atom stereocenters. The average molecular weight is 315 g/mol. The van der Waals surface area contributed by atoms with E-state index in [0.29, 0.717) is 0 Å². The van der Waals surface area contributed by atoms with Crippen LogP contribution in [0.25, 0.3) is 0 Å². The molecule has 0 aliphatic rings. The van der Waals surface area contributed by atoms with Crippen LogP contribution in [0, 0.1) is 0 Å². The van der Waals surface area contributed by atoms with Gasteiger partial charge in [0.2, 0.25) is 0 Å². The van der Waals surface area contributed by atoms with Crippen molar-refractivity contribution in [3.63, 3.8) is 0 Å². The van der Waals surface area contributed by atoms with Crippen molar-refractivity contribution < 1.29 is 32.9 Å². The lowest BCUT2D eigenvalue weighted by Gasteiger charge is -2.13. The topological polar surface area (TPSA) is 66.8 Å². The molecule has 0 spiro atoms. The lowest BCUT2D eigenvalue weighted by molar-refractivity contribution is -0.274. The highest BCUT2D eigenvalue weighted by Crippen LogP contribution is 2.32. The fourth-order valence-electron chi connectivity index (χ4n) is 1.04. The zero-order chi connectivity index (χ0) is 13.2. The summed E-state index contributed by atoms with van der Waals surface area (Å²) in [5, 5.41) is 17.7. The Morgan fingerprint density at radius 1 is 1.41 bits per heavy atom. The second-order valence-electron chi connectivity index (χ2n) is 2.98. The maximum atomic E-state index is 12.0.